The van der Waals surface area contributed by atoms with Crippen LogP contribution in [0.15, 0.2) is 54.6 Å². The molecule has 0 aromatic heterocycles. The van der Waals surface area contributed by atoms with Crippen LogP contribution in [0.4, 0.5) is 13.2 Å². The number of halogens is 3. The molecule has 0 aliphatic heterocycles. The minimum atomic E-state index is -4.67. The van der Waals surface area contributed by atoms with Crippen molar-refractivity contribution in [1.29, 1.82) is 0 Å². The normalized spacial score (nSPS) is 13.2. The third-order valence-electron chi connectivity index (χ3n) is 3.28. The van der Waals surface area contributed by atoms with Crippen molar-refractivity contribution >= 4 is 0 Å². The first-order chi connectivity index (χ1) is 9.87. The highest BCUT2D eigenvalue weighted by molar-refractivity contribution is 5.37. The topological polar surface area (TPSA) is 9.23 Å². The van der Waals surface area contributed by atoms with Crippen molar-refractivity contribution in [2.75, 3.05) is 0 Å². The fraction of sp³-hybridized carbons (Fsp3) is 0.294. The molecular formula is C17H17F3O. The summed E-state index contributed by atoms with van der Waals surface area (Å²) in [5.74, 6) is 0.109. The zero-order valence-corrected chi connectivity index (χ0v) is 11.9. The van der Waals surface area contributed by atoms with Crippen molar-refractivity contribution in [2.45, 2.75) is 26.1 Å². The molecule has 2 aromatic carbocycles. The van der Waals surface area contributed by atoms with Gasteiger partial charge >= 0.3 is 6.36 Å². The van der Waals surface area contributed by atoms with Crippen LogP contribution in [0.3, 0.4) is 0 Å². The number of hydrogen-bond acceptors (Lipinski definition) is 1. The third-order valence-corrected chi connectivity index (χ3v) is 3.28. The van der Waals surface area contributed by atoms with Gasteiger partial charge in [-0.3, -0.25) is 0 Å². The highest BCUT2D eigenvalue weighted by Gasteiger charge is 2.31. The zero-order valence-electron chi connectivity index (χ0n) is 11.9. The fourth-order valence-electron chi connectivity index (χ4n) is 2.53. The van der Waals surface area contributed by atoms with Crippen LogP contribution < -0.4 is 4.74 Å². The van der Waals surface area contributed by atoms with Crippen LogP contribution in [0.25, 0.3) is 0 Å². The molecule has 0 amide bonds. The SMILES string of the molecule is CC(C)C(c1ccccc1)c1cccc(OC(F)(F)F)c1. The molecule has 1 nitrogen and oxygen atoms in total. The highest BCUT2D eigenvalue weighted by atomic mass is 19.4. The number of benzene rings is 2. The van der Waals surface area contributed by atoms with E-state index in [1.54, 1.807) is 6.07 Å². The zero-order chi connectivity index (χ0) is 15.5. The van der Waals surface area contributed by atoms with E-state index in [1.807, 2.05) is 36.4 Å². The molecule has 2 aromatic rings. The fourth-order valence-corrected chi connectivity index (χ4v) is 2.53. The van der Waals surface area contributed by atoms with Crippen LogP contribution in [-0.2, 0) is 0 Å². The largest absolute Gasteiger partial charge is 0.573 e. The van der Waals surface area contributed by atoms with Gasteiger partial charge in [-0.15, -0.1) is 13.2 Å². The molecule has 0 saturated heterocycles. The molecule has 0 fully saturated rings. The first-order valence-corrected chi connectivity index (χ1v) is 6.77. The lowest BCUT2D eigenvalue weighted by Crippen LogP contribution is -2.17. The van der Waals surface area contributed by atoms with E-state index in [1.165, 1.54) is 12.1 Å². The molecule has 0 spiro atoms. The van der Waals surface area contributed by atoms with E-state index < -0.39 is 6.36 Å². The predicted molar refractivity (Wildman–Crippen MR) is 76.2 cm³/mol. The van der Waals surface area contributed by atoms with Crippen molar-refractivity contribution in [3.63, 3.8) is 0 Å². The van der Waals surface area contributed by atoms with Gasteiger partial charge in [0.2, 0.25) is 0 Å². The maximum absolute atomic E-state index is 12.3. The van der Waals surface area contributed by atoms with Crippen LogP contribution in [0.1, 0.15) is 30.9 Å². The van der Waals surface area contributed by atoms with Gasteiger partial charge in [0.05, 0.1) is 0 Å². The molecule has 0 radical (unpaired) electrons. The Morgan fingerprint density at radius 3 is 2.05 bits per heavy atom. The van der Waals surface area contributed by atoms with E-state index in [0.29, 0.717) is 0 Å². The molecular weight excluding hydrogens is 277 g/mol. The molecule has 0 N–H and O–H groups in total. The molecule has 21 heavy (non-hydrogen) atoms. The number of alkyl halides is 3. The average molecular weight is 294 g/mol. The van der Waals surface area contributed by atoms with Gasteiger partial charge in [0.15, 0.2) is 0 Å². The van der Waals surface area contributed by atoms with Gasteiger partial charge in [-0.1, -0.05) is 56.3 Å². The molecule has 1 unspecified atom stereocenters. The van der Waals surface area contributed by atoms with Crippen molar-refractivity contribution in [2.24, 2.45) is 5.92 Å². The minimum absolute atomic E-state index is 0.0305. The molecule has 0 saturated carbocycles. The number of ether oxygens (including phenoxy) is 1. The lowest BCUT2D eigenvalue weighted by Gasteiger charge is -2.22. The lowest BCUT2D eigenvalue weighted by atomic mass is 9.82. The highest BCUT2D eigenvalue weighted by Crippen LogP contribution is 2.34. The Morgan fingerprint density at radius 2 is 1.48 bits per heavy atom. The van der Waals surface area contributed by atoms with E-state index in [9.17, 15) is 13.2 Å². The quantitative estimate of drug-likeness (QED) is 0.736. The van der Waals surface area contributed by atoms with E-state index in [2.05, 4.69) is 18.6 Å². The summed E-state index contributed by atoms with van der Waals surface area (Å²) in [6.45, 7) is 4.10. The summed E-state index contributed by atoms with van der Waals surface area (Å²) in [4.78, 5) is 0. The first kappa shape index (κ1) is 15.4. The Labute approximate surface area is 122 Å². The van der Waals surface area contributed by atoms with Crippen LogP contribution >= 0.6 is 0 Å². The smallest absolute Gasteiger partial charge is 0.406 e. The summed E-state index contributed by atoms with van der Waals surface area (Å²) < 4.78 is 41.0. The van der Waals surface area contributed by atoms with Gasteiger partial charge in [-0.05, 0) is 29.2 Å². The van der Waals surface area contributed by atoms with Crippen LogP contribution in [0, 0.1) is 5.92 Å². The Hall–Kier alpha value is -1.97. The molecule has 0 bridgehead atoms. The van der Waals surface area contributed by atoms with Crippen molar-refractivity contribution in [3.05, 3.63) is 65.7 Å². The van der Waals surface area contributed by atoms with Crippen molar-refractivity contribution in [1.82, 2.24) is 0 Å². The molecule has 1 atom stereocenters. The third kappa shape index (κ3) is 4.25. The van der Waals surface area contributed by atoms with Gasteiger partial charge < -0.3 is 4.74 Å². The van der Waals surface area contributed by atoms with Gasteiger partial charge in [-0.25, -0.2) is 0 Å². The van der Waals surface area contributed by atoms with Crippen molar-refractivity contribution in [3.8, 4) is 5.75 Å². The van der Waals surface area contributed by atoms with Gasteiger partial charge in [-0.2, -0.15) is 0 Å². The Bertz CT molecular complexity index is 576. The number of rotatable bonds is 4. The average Bonchev–Trinajstić information content (AvgIpc) is 2.38. The summed E-state index contributed by atoms with van der Waals surface area (Å²) in [6, 6.07) is 16.0. The van der Waals surface area contributed by atoms with Gasteiger partial charge in [0, 0.05) is 5.92 Å². The second-order valence-electron chi connectivity index (χ2n) is 5.25. The monoisotopic (exact) mass is 294 g/mol. The molecule has 0 aliphatic carbocycles. The van der Waals surface area contributed by atoms with E-state index in [0.717, 1.165) is 11.1 Å². The second kappa shape index (κ2) is 6.20. The Kier molecular flexibility index (Phi) is 4.56. The van der Waals surface area contributed by atoms with Crippen molar-refractivity contribution < 1.29 is 17.9 Å². The summed E-state index contributed by atoms with van der Waals surface area (Å²) in [6.07, 6.45) is -4.67. The first-order valence-electron chi connectivity index (χ1n) is 6.77. The Morgan fingerprint density at radius 1 is 0.857 bits per heavy atom. The Balaban J connectivity index is 2.36. The molecule has 112 valence electrons. The van der Waals surface area contributed by atoms with Gasteiger partial charge in [0.1, 0.15) is 5.75 Å². The van der Waals surface area contributed by atoms with Crippen LogP contribution in [0.2, 0.25) is 0 Å². The van der Waals surface area contributed by atoms with E-state index in [-0.39, 0.29) is 17.6 Å². The van der Waals surface area contributed by atoms with Crippen LogP contribution in [0.5, 0.6) is 5.75 Å². The second-order valence-corrected chi connectivity index (χ2v) is 5.25. The summed E-state index contributed by atoms with van der Waals surface area (Å²) in [7, 11) is 0. The van der Waals surface area contributed by atoms with Gasteiger partial charge in [0.25, 0.3) is 0 Å². The lowest BCUT2D eigenvalue weighted by molar-refractivity contribution is -0.274. The maximum atomic E-state index is 12.3. The standard InChI is InChI=1S/C17H17F3O/c1-12(2)16(13-7-4-3-5-8-13)14-9-6-10-15(11-14)21-17(18,19)20/h3-12,16H,1-2H3. The molecule has 2 rings (SSSR count). The summed E-state index contributed by atoms with van der Waals surface area (Å²) >= 11 is 0. The van der Waals surface area contributed by atoms with Crippen LogP contribution in [-0.4, -0.2) is 6.36 Å². The predicted octanol–water partition coefficient (Wildman–Crippen LogP) is 5.37. The molecule has 4 heteroatoms. The summed E-state index contributed by atoms with van der Waals surface area (Å²) in [5.41, 5.74) is 1.90. The maximum Gasteiger partial charge on any atom is 0.573 e. The molecule has 0 heterocycles. The molecule has 0 aliphatic rings. The number of hydrogen-bond donors (Lipinski definition) is 0. The van der Waals surface area contributed by atoms with E-state index in [4.69, 9.17) is 0 Å². The van der Waals surface area contributed by atoms with E-state index >= 15 is 0 Å². The minimum Gasteiger partial charge on any atom is -0.406 e. The summed E-state index contributed by atoms with van der Waals surface area (Å²) in [5, 5.41) is 0.